The van der Waals surface area contributed by atoms with E-state index in [2.05, 4.69) is 53.2 Å². The Kier molecular flexibility index (Phi) is 15.7. The van der Waals surface area contributed by atoms with Crippen molar-refractivity contribution in [2.24, 2.45) is 0 Å². The van der Waals surface area contributed by atoms with Crippen molar-refractivity contribution in [2.75, 3.05) is 4.43 Å². The van der Waals surface area contributed by atoms with E-state index < -0.39 is 0 Å². The first-order chi connectivity index (χ1) is 8.41. The van der Waals surface area contributed by atoms with Crippen LogP contribution >= 0.6 is 22.6 Å². The van der Waals surface area contributed by atoms with Crippen molar-refractivity contribution in [1.82, 2.24) is 0 Å². The molecule has 1 heteroatoms. The van der Waals surface area contributed by atoms with E-state index >= 15 is 0 Å². The number of rotatable bonds is 8. The topological polar surface area (TPSA) is 0 Å². The number of hydrogen-bond donors (Lipinski definition) is 0. The zero-order valence-corrected chi connectivity index (χ0v) is 13.3. The molecular formula is C16H25I. The highest BCUT2D eigenvalue weighted by molar-refractivity contribution is 14.1. The van der Waals surface area contributed by atoms with Gasteiger partial charge in [0.05, 0.1) is 0 Å². The van der Waals surface area contributed by atoms with Gasteiger partial charge in [-0.25, -0.2) is 0 Å². The lowest BCUT2D eigenvalue weighted by molar-refractivity contribution is 0.686. The largest absolute Gasteiger partial charge is 0.104 e. The summed E-state index contributed by atoms with van der Waals surface area (Å²) in [5.41, 5.74) is 0. The molecule has 0 atom stereocenters. The highest BCUT2D eigenvalue weighted by atomic mass is 127. The van der Waals surface area contributed by atoms with Gasteiger partial charge in [0, 0.05) is 25.7 Å². The molecule has 0 aromatic heterocycles. The van der Waals surface area contributed by atoms with Gasteiger partial charge in [-0.2, -0.15) is 0 Å². The minimum absolute atomic E-state index is 0.983. The molecule has 0 N–H and O–H groups in total. The second-order valence-electron chi connectivity index (χ2n) is 4.12. The van der Waals surface area contributed by atoms with Crippen molar-refractivity contribution in [3.05, 3.63) is 0 Å². The fourth-order valence-corrected chi connectivity index (χ4v) is 2.02. The first kappa shape index (κ1) is 16.9. The van der Waals surface area contributed by atoms with Gasteiger partial charge in [-0.1, -0.05) is 42.4 Å². The summed E-state index contributed by atoms with van der Waals surface area (Å²) >= 11 is 2.45. The summed E-state index contributed by atoms with van der Waals surface area (Å²) < 4.78 is 1.30. The van der Waals surface area contributed by atoms with E-state index in [0.29, 0.717) is 0 Å². The molecule has 0 heterocycles. The molecule has 0 saturated carbocycles. The predicted octanol–water partition coefficient (Wildman–Crippen LogP) is 5.35. The zero-order chi connectivity index (χ0) is 12.6. The summed E-state index contributed by atoms with van der Waals surface area (Å²) in [6.07, 6.45) is 12.0. The Morgan fingerprint density at radius 1 is 0.647 bits per heavy atom. The van der Waals surface area contributed by atoms with E-state index in [1.54, 1.807) is 0 Å². The van der Waals surface area contributed by atoms with Gasteiger partial charge in [0.25, 0.3) is 0 Å². The molecule has 0 amide bonds. The quantitative estimate of drug-likeness (QED) is 0.241. The van der Waals surface area contributed by atoms with Crippen molar-refractivity contribution >= 4 is 22.6 Å². The van der Waals surface area contributed by atoms with Crippen LogP contribution in [0.15, 0.2) is 0 Å². The van der Waals surface area contributed by atoms with Crippen LogP contribution in [0.5, 0.6) is 0 Å². The Hall–Kier alpha value is -0.150. The van der Waals surface area contributed by atoms with Crippen LogP contribution in [0.25, 0.3) is 0 Å². The summed E-state index contributed by atoms with van der Waals surface area (Å²) in [7, 11) is 0. The molecule has 0 bridgehead atoms. The third-order valence-corrected chi connectivity index (χ3v) is 3.23. The highest BCUT2D eigenvalue weighted by Crippen LogP contribution is 2.04. The second-order valence-corrected chi connectivity index (χ2v) is 5.20. The van der Waals surface area contributed by atoms with Crippen LogP contribution in [-0.4, -0.2) is 4.43 Å². The number of halogens is 1. The van der Waals surface area contributed by atoms with Gasteiger partial charge in [-0.15, -0.1) is 23.7 Å². The molecule has 0 aromatic rings. The molecule has 0 rings (SSSR count). The van der Waals surface area contributed by atoms with Crippen LogP contribution < -0.4 is 0 Å². The molecule has 0 spiro atoms. The van der Waals surface area contributed by atoms with Crippen molar-refractivity contribution < 1.29 is 0 Å². The summed E-state index contributed by atoms with van der Waals surface area (Å²) in [5.74, 6) is 12.8. The lowest BCUT2D eigenvalue weighted by atomic mass is 10.1. The van der Waals surface area contributed by atoms with E-state index in [9.17, 15) is 0 Å². The summed E-state index contributed by atoms with van der Waals surface area (Å²) in [5, 5.41) is 0. The van der Waals surface area contributed by atoms with E-state index in [4.69, 9.17) is 0 Å². The van der Waals surface area contributed by atoms with Gasteiger partial charge >= 0.3 is 0 Å². The van der Waals surface area contributed by atoms with Gasteiger partial charge in [-0.05, 0) is 30.1 Å². The molecule has 0 unspecified atom stereocenters. The first-order valence-corrected chi connectivity index (χ1v) is 8.41. The monoisotopic (exact) mass is 344 g/mol. The molecule has 0 aliphatic rings. The van der Waals surface area contributed by atoms with E-state index in [1.807, 2.05) is 0 Å². The third kappa shape index (κ3) is 15.9. The highest BCUT2D eigenvalue weighted by Gasteiger charge is 1.87. The Bertz CT molecular complexity index is 259. The molecular weight excluding hydrogens is 319 g/mol. The summed E-state index contributed by atoms with van der Waals surface area (Å²) in [6.45, 7) is 2.10. The minimum atomic E-state index is 0.983. The third-order valence-electron chi connectivity index (χ3n) is 2.47. The first-order valence-electron chi connectivity index (χ1n) is 6.89. The summed E-state index contributed by atoms with van der Waals surface area (Å²) in [4.78, 5) is 0. The van der Waals surface area contributed by atoms with Gasteiger partial charge in [-0.3, -0.25) is 0 Å². The predicted molar refractivity (Wildman–Crippen MR) is 86.3 cm³/mol. The molecule has 0 nitrogen and oxygen atoms in total. The van der Waals surface area contributed by atoms with Crippen molar-refractivity contribution in [1.29, 1.82) is 0 Å². The van der Waals surface area contributed by atoms with Crippen molar-refractivity contribution in [3.8, 4) is 23.7 Å². The number of alkyl halides is 1. The fourth-order valence-electron chi connectivity index (χ4n) is 1.48. The van der Waals surface area contributed by atoms with Crippen LogP contribution in [0.4, 0.5) is 0 Å². The van der Waals surface area contributed by atoms with Gasteiger partial charge in [0.2, 0.25) is 0 Å². The van der Waals surface area contributed by atoms with Crippen LogP contribution in [0.2, 0.25) is 0 Å². The van der Waals surface area contributed by atoms with Crippen molar-refractivity contribution in [3.63, 3.8) is 0 Å². The minimum Gasteiger partial charge on any atom is -0.104 e. The van der Waals surface area contributed by atoms with Crippen LogP contribution in [0.3, 0.4) is 0 Å². The Morgan fingerprint density at radius 3 is 1.65 bits per heavy atom. The maximum Gasteiger partial charge on any atom is 0.00890 e. The fraction of sp³-hybridized carbons (Fsp3) is 0.750. The molecule has 0 saturated heterocycles. The van der Waals surface area contributed by atoms with E-state index in [0.717, 1.165) is 25.7 Å². The Morgan fingerprint density at radius 2 is 1.12 bits per heavy atom. The summed E-state index contributed by atoms with van der Waals surface area (Å²) in [6, 6.07) is 0. The smallest absolute Gasteiger partial charge is 0.00890 e. The Balaban J connectivity index is 3.15. The zero-order valence-electron chi connectivity index (χ0n) is 11.2. The van der Waals surface area contributed by atoms with Gasteiger partial charge in [0.1, 0.15) is 0 Å². The molecule has 0 radical (unpaired) electrons. The second kappa shape index (κ2) is 15.9. The van der Waals surface area contributed by atoms with Crippen molar-refractivity contribution in [2.45, 2.75) is 71.1 Å². The van der Waals surface area contributed by atoms with Crippen LogP contribution in [0.1, 0.15) is 71.1 Å². The van der Waals surface area contributed by atoms with Crippen LogP contribution in [0, 0.1) is 23.7 Å². The Labute approximate surface area is 121 Å². The molecule has 96 valence electrons. The van der Waals surface area contributed by atoms with E-state index in [-0.39, 0.29) is 0 Å². The lowest BCUT2D eigenvalue weighted by Gasteiger charge is -1.94. The van der Waals surface area contributed by atoms with Gasteiger partial charge in [0.15, 0.2) is 0 Å². The molecule has 0 aliphatic heterocycles. The SMILES string of the molecule is CCC#CCCCCC#CCCCCCCI. The standard InChI is InChI=1S/C16H25I/c1-2-3-4-5-6-7-8-9-10-11-12-13-14-15-16-17/h2,5-8,11-16H2,1H3. The molecule has 0 aliphatic carbocycles. The molecule has 0 aromatic carbocycles. The number of unbranched alkanes of at least 4 members (excludes halogenated alkanes) is 7. The van der Waals surface area contributed by atoms with Crippen LogP contribution in [-0.2, 0) is 0 Å². The lowest BCUT2D eigenvalue weighted by Crippen LogP contribution is -1.78. The maximum atomic E-state index is 3.28. The number of hydrogen-bond acceptors (Lipinski definition) is 0. The van der Waals surface area contributed by atoms with Gasteiger partial charge < -0.3 is 0 Å². The molecule has 0 fully saturated rings. The molecule has 17 heavy (non-hydrogen) atoms. The average molecular weight is 344 g/mol. The van der Waals surface area contributed by atoms with E-state index in [1.165, 1.54) is 43.0 Å². The average Bonchev–Trinajstić information content (AvgIpc) is 2.35. The maximum absolute atomic E-state index is 3.28. The normalized spacial score (nSPS) is 9.06.